The van der Waals surface area contributed by atoms with Crippen molar-refractivity contribution in [3.8, 4) is 5.75 Å². The molecule has 2 N–H and O–H groups in total. The lowest BCUT2D eigenvalue weighted by atomic mass is 9.76. The zero-order valence-electron chi connectivity index (χ0n) is 11.5. The average Bonchev–Trinajstić information content (AvgIpc) is 2.36. The summed E-state index contributed by atoms with van der Waals surface area (Å²) in [5.74, 6) is -1.80. The van der Waals surface area contributed by atoms with Crippen LogP contribution in [-0.2, 0) is 4.79 Å². The minimum Gasteiger partial charge on any atom is -0.505 e. The lowest BCUT2D eigenvalue weighted by Crippen LogP contribution is -2.56. The summed E-state index contributed by atoms with van der Waals surface area (Å²) in [6.07, 6.45) is 2.87. The summed E-state index contributed by atoms with van der Waals surface area (Å²) in [5.41, 5.74) is -0.610. The fourth-order valence-electron chi connectivity index (χ4n) is 2.78. The molecule has 0 spiro atoms. The van der Waals surface area contributed by atoms with E-state index in [-0.39, 0.29) is 11.4 Å². The molecule has 0 bridgehead atoms. The standard InChI is InChI=1S/C14H18N2O4/c1-14(2)6-4-8-16(11(14)13(19)20)12(18)10-9(17)5-3-7-15-10/h3,5,7,11,17H,4,6,8H2,1-2H3,(H,19,20). The van der Waals surface area contributed by atoms with Crippen molar-refractivity contribution in [1.82, 2.24) is 9.88 Å². The van der Waals surface area contributed by atoms with E-state index in [9.17, 15) is 19.8 Å². The Labute approximate surface area is 117 Å². The van der Waals surface area contributed by atoms with Crippen LogP contribution in [0.2, 0.25) is 0 Å². The number of nitrogens with zero attached hydrogens (tertiary/aromatic N) is 2. The molecule has 6 nitrogen and oxygen atoms in total. The molecule has 108 valence electrons. The zero-order chi connectivity index (χ0) is 14.9. The number of hydrogen-bond acceptors (Lipinski definition) is 4. The van der Waals surface area contributed by atoms with Crippen LogP contribution in [0.15, 0.2) is 18.3 Å². The molecule has 2 rings (SSSR count). The van der Waals surface area contributed by atoms with E-state index < -0.39 is 23.3 Å². The molecule has 1 unspecified atom stereocenters. The minimum absolute atomic E-state index is 0.101. The maximum Gasteiger partial charge on any atom is 0.326 e. The first-order valence-electron chi connectivity index (χ1n) is 6.52. The van der Waals surface area contributed by atoms with E-state index >= 15 is 0 Å². The molecular weight excluding hydrogens is 260 g/mol. The van der Waals surface area contributed by atoms with Crippen LogP contribution in [0, 0.1) is 5.41 Å². The van der Waals surface area contributed by atoms with Crippen LogP contribution < -0.4 is 0 Å². The Morgan fingerprint density at radius 2 is 2.15 bits per heavy atom. The van der Waals surface area contributed by atoms with Crippen LogP contribution in [0.3, 0.4) is 0 Å². The number of likely N-dealkylation sites (tertiary alicyclic amines) is 1. The molecule has 1 amide bonds. The van der Waals surface area contributed by atoms with Gasteiger partial charge >= 0.3 is 5.97 Å². The van der Waals surface area contributed by atoms with Gasteiger partial charge in [-0.15, -0.1) is 0 Å². The molecule has 2 heterocycles. The van der Waals surface area contributed by atoms with Gasteiger partial charge < -0.3 is 15.1 Å². The predicted molar refractivity (Wildman–Crippen MR) is 71.4 cm³/mol. The topological polar surface area (TPSA) is 90.7 Å². The predicted octanol–water partition coefficient (Wildman–Crippen LogP) is 1.50. The van der Waals surface area contributed by atoms with Crippen molar-refractivity contribution >= 4 is 11.9 Å². The van der Waals surface area contributed by atoms with E-state index in [2.05, 4.69) is 4.98 Å². The molecule has 1 aliphatic heterocycles. The lowest BCUT2D eigenvalue weighted by molar-refractivity contribution is -0.148. The quantitative estimate of drug-likeness (QED) is 0.855. The maximum absolute atomic E-state index is 12.5. The first-order valence-corrected chi connectivity index (χ1v) is 6.52. The SMILES string of the molecule is CC1(C)CCCN(C(=O)c2ncccc2O)C1C(=O)O. The average molecular weight is 278 g/mol. The summed E-state index contributed by atoms with van der Waals surface area (Å²) in [4.78, 5) is 29.1. The molecular formula is C14H18N2O4. The summed E-state index contributed by atoms with van der Waals surface area (Å²) in [6.45, 7) is 4.03. The number of carbonyl (C=O) groups is 2. The highest BCUT2D eigenvalue weighted by Crippen LogP contribution is 2.36. The molecule has 1 atom stereocenters. The van der Waals surface area contributed by atoms with Gasteiger partial charge in [-0.3, -0.25) is 4.79 Å². The zero-order valence-corrected chi connectivity index (χ0v) is 11.5. The number of carboxylic acids is 1. The molecule has 1 aliphatic rings. The van der Waals surface area contributed by atoms with E-state index in [0.717, 1.165) is 12.8 Å². The first kappa shape index (κ1) is 14.3. The Morgan fingerprint density at radius 1 is 1.45 bits per heavy atom. The minimum atomic E-state index is -1.03. The van der Waals surface area contributed by atoms with Gasteiger partial charge in [-0.2, -0.15) is 0 Å². The Balaban J connectivity index is 2.37. The molecule has 1 aromatic heterocycles. The summed E-state index contributed by atoms with van der Waals surface area (Å²) in [6, 6.07) is 1.97. The summed E-state index contributed by atoms with van der Waals surface area (Å²) in [7, 11) is 0. The monoisotopic (exact) mass is 278 g/mol. The van der Waals surface area contributed by atoms with Crippen LogP contribution in [0.4, 0.5) is 0 Å². The Morgan fingerprint density at radius 3 is 2.75 bits per heavy atom. The van der Waals surface area contributed by atoms with Crippen molar-refractivity contribution in [2.75, 3.05) is 6.54 Å². The highest BCUT2D eigenvalue weighted by Gasteiger charge is 2.45. The van der Waals surface area contributed by atoms with Crippen LogP contribution in [0.5, 0.6) is 5.75 Å². The highest BCUT2D eigenvalue weighted by atomic mass is 16.4. The fraction of sp³-hybridized carbons (Fsp3) is 0.500. The number of amides is 1. The van der Waals surface area contributed by atoms with Gasteiger partial charge in [0.1, 0.15) is 11.8 Å². The molecule has 0 aromatic carbocycles. The van der Waals surface area contributed by atoms with Gasteiger partial charge in [0, 0.05) is 12.7 Å². The summed E-state index contributed by atoms with van der Waals surface area (Å²) in [5, 5.41) is 19.1. The van der Waals surface area contributed by atoms with Gasteiger partial charge in [0.2, 0.25) is 0 Å². The van der Waals surface area contributed by atoms with Crippen LogP contribution in [0.25, 0.3) is 0 Å². The number of carbonyl (C=O) groups excluding carboxylic acids is 1. The molecule has 1 saturated heterocycles. The first-order chi connectivity index (χ1) is 9.34. The fourth-order valence-corrected chi connectivity index (χ4v) is 2.78. The van der Waals surface area contributed by atoms with Gasteiger partial charge in [0.05, 0.1) is 0 Å². The van der Waals surface area contributed by atoms with Crippen molar-refractivity contribution in [2.24, 2.45) is 5.41 Å². The highest BCUT2D eigenvalue weighted by molar-refractivity contribution is 5.97. The molecule has 0 saturated carbocycles. The molecule has 1 aromatic rings. The second-order valence-corrected chi connectivity index (χ2v) is 5.70. The van der Waals surface area contributed by atoms with Gasteiger partial charge in [-0.05, 0) is 30.4 Å². The van der Waals surface area contributed by atoms with E-state index in [1.165, 1.54) is 23.2 Å². The van der Waals surface area contributed by atoms with E-state index in [4.69, 9.17) is 0 Å². The number of rotatable bonds is 2. The number of carboxylic acid groups (broad SMARTS) is 1. The van der Waals surface area contributed by atoms with E-state index in [0.29, 0.717) is 6.54 Å². The number of aliphatic carboxylic acids is 1. The summed E-state index contributed by atoms with van der Waals surface area (Å²) < 4.78 is 0. The van der Waals surface area contributed by atoms with Gasteiger partial charge in [-0.1, -0.05) is 13.8 Å². The van der Waals surface area contributed by atoms with Gasteiger partial charge in [-0.25, -0.2) is 9.78 Å². The Hall–Kier alpha value is -2.11. The van der Waals surface area contributed by atoms with Crippen molar-refractivity contribution in [3.63, 3.8) is 0 Å². The van der Waals surface area contributed by atoms with Crippen LogP contribution >= 0.6 is 0 Å². The number of aromatic nitrogens is 1. The lowest BCUT2D eigenvalue weighted by Gasteiger charge is -2.43. The number of piperidine rings is 1. The van der Waals surface area contributed by atoms with Crippen molar-refractivity contribution in [1.29, 1.82) is 0 Å². The van der Waals surface area contributed by atoms with E-state index in [1.807, 2.05) is 13.8 Å². The molecule has 6 heteroatoms. The normalized spacial score (nSPS) is 21.5. The molecule has 1 fully saturated rings. The number of hydrogen-bond donors (Lipinski definition) is 2. The van der Waals surface area contributed by atoms with Gasteiger partial charge in [0.15, 0.2) is 5.69 Å². The Bertz CT molecular complexity index is 542. The molecule has 20 heavy (non-hydrogen) atoms. The van der Waals surface area contributed by atoms with Crippen LogP contribution in [0.1, 0.15) is 37.2 Å². The molecule has 0 radical (unpaired) electrons. The summed E-state index contributed by atoms with van der Waals surface area (Å²) >= 11 is 0. The maximum atomic E-state index is 12.5. The number of pyridine rings is 1. The van der Waals surface area contributed by atoms with Crippen molar-refractivity contribution in [3.05, 3.63) is 24.0 Å². The second-order valence-electron chi connectivity index (χ2n) is 5.70. The number of aromatic hydroxyl groups is 1. The largest absolute Gasteiger partial charge is 0.505 e. The smallest absolute Gasteiger partial charge is 0.326 e. The van der Waals surface area contributed by atoms with Gasteiger partial charge in [0.25, 0.3) is 5.91 Å². The van der Waals surface area contributed by atoms with Crippen molar-refractivity contribution < 1.29 is 19.8 Å². The van der Waals surface area contributed by atoms with Crippen LogP contribution in [-0.4, -0.2) is 44.6 Å². The second kappa shape index (κ2) is 5.11. The third-order valence-electron chi connectivity index (χ3n) is 3.76. The molecule has 0 aliphatic carbocycles. The third kappa shape index (κ3) is 2.45. The Kier molecular flexibility index (Phi) is 3.65. The third-order valence-corrected chi connectivity index (χ3v) is 3.76. The van der Waals surface area contributed by atoms with Crippen molar-refractivity contribution in [2.45, 2.75) is 32.7 Å². The van der Waals surface area contributed by atoms with E-state index in [1.54, 1.807) is 0 Å².